The maximum atomic E-state index is 14.1. The van der Waals surface area contributed by atoms with E-state index in [9.17, 15) is 13.6 Å². The van der Waals surface area contributed by atoms with E-state index in [-0.39, 0.29) is 11.6 Å². The highest BCUT2D eigenvalue weighted by Crippen LogP contribution is 2.25. The molecule has 0 saturated heterocycles. The zero-order valence-corrected chi connectivity index (χ0v) is 12.8. The van der Waals surface area contributed by atoms with Crippen LogP contribution in [0.25, 0.3) is 0 Å². The fraction of sp³-hybridized carbons (Fsp3) is 0.0667. The minimum atomic E-state index is -1.07. The number of nitrogens with one attached hydrogen (secondary N) is 2. The molecule has 0 atom stereocenters. The molecule has 0 bridgehead atoms. The Morgan fingerprint density at radius 3 is 2.56 bits per heavy atom. The van der Waals surface area contributed by atoms with Crippen LogP contribution in [0.15, 0.2) is 36.4 Å². The summed E-state index contributed by atoms with van der Waals surface area (Å²) in [5.74, 6) is -2.91. The van der Waals surface area contributed by atoms with Crippen molar-refractivity contribution in [2.45, 2.75) is 0 Å². The van der Waals surface area contributed by atoms with Gasteiger partial charge in [-0.15, -0.1) is 0 Å². The molecule has 0 unspecified atom stereocenters. The van der Waals surface area contributed by atoms with E-state index in [1.165, 1.54) is 12.1 Å². The van der Waals surface area contributed by atoms with Crippen molar-refractivity contribution >= 4 is 11.6 Å². The lowest BCUT2D eigenvalue weighted by atomic mass is 10.1. The molecule has 2 aromatic carbocycles. The molecular weight excluding hydrogens is 336 g/mol. The van der Waals surface area contributed by atoms with Gasteiger partial charge in [0.1, 0.15) is 5.75 Å². The maximum absolute atomic E-state index is 14.1. The molecule has 0 aliphatic carbocycles. The summed E-state index contributed by atoms with van der Waals surface area (Å²) in [6.07, 6.45) is 0. The molecular formula is C15H11F2N5O3. The average Bonchev–Trinajstić information content (AvgIpc) is 3.10. The number of nitrogens with zero attached hydrogens (tertiary/aromatic N) is 3. The summed E-state index contributed by atoms with van der Waals surface area (Å²) >= 11 is 0. The number of benzene rings is 2. The molecule has 1 heterocycles. The lowest BCUT2D eigenvalue weighted by Crippen LogP contribution is -2.14. The van der Waals surface area contributed by atoms with Crippen molar-refractivity contribution < 1.29 is 23.0 Å². The van der Waals surface area contributed by atoms with E-state index in [2.05, 4.69) is 30.7 Å². The number of anilines is 1. The minimum absolute atomic E-state index is 0.0391. The van der Waals surface area contributed by atoms with Gasteiger partial charge in [0.25, 0.3) is 5.91 Å². The van der Waals surface area contributed by atoms with E-state index in [1.54, 1.807) is 12.1 Å². The van der Waals surface area contributed by atoms with Crippen molar-refractivity contribution in [2.24, 2.45) is 0 Å². The lowest BCUT2D eigenvalue weighted by Gasteiger charge is -2.09. The normalized spacial score (nSPS) is 10.4. The summed E-state index contributed by atoms with van der Waals surface area (Å²) in [6, 6.07) is 8.20. The van der Waals surface area contributed by atoms with Crippen LogP contribution < -0.4 is 14.8 Å². The number of aromatic nitrogens is 4. The largest absolute Gasteiger partial charge is 0.491 e. The molecule has 1 amide bonds. The quantitative estimate of drug-likeness (QED) is 0.735. The Balaban J connectivity index is 1.73. The molecule has 0 aliphatic heterocycles. The number of hydrogen-bond acceptors (Lipinski definition) is 6. The first-order chi connectivity index (χ1) is 12.1. The van der Waals surface area contributed by atoms with E-state index < -0.39 is 23.3 Å². The zero-order chi connectivity index (χ0) is 17.8. The van der Waals surface area contributed by atoms with Gasteiger partial charge in [-0.25, -0.2) is 8.78 Å². The highest BCUT2D eigenvalue weighted by molar-refractivity contribution is 6.04. The summed E-state index contributed by atoms with van der Waals surface area (Å²) in [4.78, 5) is 12.2. The molecule has 0 spiro atoms. The van der Waals surface area contributed by atoms with Gasteiger partial charge >= 0.3 is 6.01 Å². The number of aromatic amines is 1. The van der Waals surface area contributed by atoms with Crippen LogP contribution in [0.2, 0.25) is 0 Å². The van der Waals surface area contributed by atoms with Gasteiger partial charge in [-0.05, 0) is 41.6 Å². The smallest absolute Gasteiger partial charge is 0.361 e. The van der Waals surface area contributed by atoms with E-state index in [0.717, 1.165) is 19.2 Å². The molecule has 1 aromatic heterocycles. The van der Waals surface area contributed by atoms with Crippen LogP contribution in [-0.2, 0) is 0 Å². The second kappa shape index (κ2) is 6.91. The van der Waals surface area contributed by atoms with Crippen LogP contribution in [0.5, 0.6) is 17.5 Å². The number of rotatable bonds is 5. The third-order valence-corrected chi connectivity index (χ3v) is 3.15. The fourth-order valence-electron chi connectivity index (χ4n) is 2.00. The standard InChI is InChI=1S/C15H11F2N5O3/c1-24-13-11(16)7-6-10(12(13)17)14(23)18-8-2-4-9(5-3-8)25-15-19-21-22-20-15/h2-7H,1H3,(H,18,23)(H,19,20,21,22). The predicted molar refractivity (Wildman–Crippen MR) is 81.6 cm³/mol. The van der Waals surface area contributed by atoms with Gasteiger partial charge in [-0.1, -0.05) is 10.2 Å². The number of halogens is 2. The van der Waals surface area contributed by atoms with Crippen LogP contribution in [0.4, 0.5) is 14.5 Å². The molecule has 0 aliphatic rings. The number of ether oxygens (including phenoxy) is 2. The van der Waals surface area contributed by atoms with Crippen molar-refractivity contribution in [2.75, 3.05) is 12.4 Å². The SMILES string of the molecule is COc1c(F)ccc(C(=O)Nc2ccc(Oc3nn[nH]n3)cc2)c1F. The van der Waals surface area contributed by atoms with E-state index in [4.69, 9.17) is 4.74 Å². The highest BCUT2D eigenvalue weighted by atomic mass is 19.1. The topological polar surface area (TPSA) is 102 Å². The van der Waals surface area contributed by atoms with Crippen molar-refractivity contribution in [3.8, 4) is 17.5 Å². The molecule has 0 radical (unpaired) electrons. The van der Waals surface area contributed by atoms with Gasteiger partial charge in [-0.2, -0.15) is 5.21 Å². The molecule has 25 heavy (non-hydrogen) atoms. The Morgan fingerprint density at radius 2 is 1.92 bits per heavy atom. The van der Waals surface area contributed by atoms with Gasteiger partial charge in [0, 0.05) is 5.69 Å². The second-order valence-electron chi connectivity index (χ2n) is 4.72. The van der Waals surface area contributed by atoms with Crippen molar-refractivity contribution in [3.05, 3.63) is 53.6 Å². The molecule has 3 rings (SSSR count). The Bertz CT molecular complexity index is 885. The Labute approximate surface area is 139 Å². The number of amides is 1. The summed E-state index contributed by atoms with van der Waals surface area (Å²) in [5, 5.41) is 15.3. The van der Waals surface area contributed by atoms with Crippen molar-refractivity contribution in [3.63, 3.8) is 0 Å². The monoisotopic (exact) mass is 347 g/mol. The summed E-state index contributed by atoms with van der Waals surface area (Å²) in [5.41, 5.74) is 0.0403. The highest BCUT2D eigenvalue weighted by Gasteiger charge is 2.19. The fourth-order valence-corrected chi connectivity index (χ4v) is 2.00. The summed E-state index contributed by atoms with van der Waals surface area (Å²) in [7, 11) is 1.12. The first kappa shape index (κ1) is 16.3. The number of carbonyl (C=O) groups is 1. The van der Waals surface area contributed by atoms with Crippen LogP contribution in [0, 0.1) is 11.6 Å². The molecule has 0 saturated carbocycles. The van der Waals surface area contributed by atoms with Crippen LogP contribution >= 0.6 is 0 Å². The van der Waals surface area contributed by atoms with Crippen molar-refractivity contribution in [1.82, 2.24) is 20.6 Å². The Kier molecular flexibility index (Phi) is 4.50. The first-order valence-electron chi connectivity index (χ1n) is 6.93. The van der Waals surface area contributed by atoms with Gasteiger partial charge < -0.3 is 14.8 Å². The number of methoxy groups -OCH3 is 1. The molecule has 8 nitrogen and oxygen atoms in total. The molecule has 3 aromatic rings. The van der Waals surface area contributed by atoms with Gasteiger partial charge in [-0.3, -0.25) is 4.79 Å². The number of hydrogen-bond donors (Lipinski definition) is 2. The van der Waals surface area contributed by atoms with Gasteiger partial charge in [0.15, 0.2) is 17.4 Å². The van der Waals surface area contributed by atoms with Gasteiger partial charge in [0.05, 0.1) is 12.7 Å². The zero-order valence-electron chi connectivity index (χ0n) is 12.8. The number of carbonyl (C=O) groups excluding carboxylic acids is 1. The summed E-state index contributed by atoms with van der Waals surface area (Å²) < 4.78 is 37.4. The Hall–Kier alpha value is -3.56. The predicted octanol–water partition coefficient (Wildman–Crippen LogP) is 2.53. The van der Waals surface area contributed by atoms with Crippen LogP contribution in [-0.4, -0.2) is 33.6 Å². The summed E-state index contributed by atoms with van der Waals surface area (Å²) in [6.45, 7) is 0. The van der Waals surface area contributed by atoms with Crippen LogP contribution in [0.3, 0.4) is 0 Å². The molecule has 128 valence electrons. The second-order valence-corrected chi connectivity index (χ2v) is 4.72. The van der Waals surface area contributed by atoms with Gasteiger partial charge in [0.2, 0.25) is 0 Å². The molecule has 10 heteroatoms. The van der Waals surface area contributed by atoms with E-state index in [1.807, 2.05) is 0 Å². The van der Waals surface area contributed by atoms with E-state index >= 15 is 0 Å². The number of H-pyrrole nitrogens is 1. The Morgan fingerprint density at radius 1 is 1.16 bits per heavy atom. The van der Waals surface area contributed by atoms with E-state index in [0.29, 0.717) is 11.4 Å². The lowest BCUT2D eigenvalue weighted by molar-refractivity contribution is 0.102. The molecule has 2 N–H and O–H groups in total. The third-order valence-electron chi connectivity index (χ3n) is 3.15. The third kappa shape index (κ3) is 3.52. The minimum Gasteiger partial charge on any atom is -0.491 e. The van der Waals surface area contributed by atoms with Crippen LogP contribution in [0.1, 0.15) is 10.4 Å². The average molecular weight is 347 g/mol. The number of tetrazole rings is 1. The van der Waals surface area contributed by atoms with Crippen molar-refractivity contribution in [1.29, 1.82) is 0 Å². The maximum Gasteiger partial charge on any atom is 0.361 e. The first-order valence-corrected chi connectivity index (χ1v) is 6.93. The molecule has 0 fully saturated rings.